The van der Waals surface area contributed by atoms with Crippen molar-refractivity contribution >= 4 is 0 Å². The lowest BCUT2D eigenvalue weighted by Crippen LogP contribution is -2.44. The highest BCUT2D eigenvalue weighted by Gasteiger charge is 2.29. The largest absolute Gasteiger partial charge is 0.395 e. The zero-order valence-electron chi connectivity index (χ0n) is 13.1. The summed E-state index contributed by atoms with van der Waals surface area (Å²) in [5.74, 6) is 0. The third kappa shape index (κ3) is 3.57. The van der Waals surface area contributed by atoms with Crippen LogP contribution in [0.5, 0.6) is 0 Å². The molecule has 0 amide bonds. The molecule has 0 spiro atoms. The number of aliphatic hydroxyl groups excluding tert-OH is 1. The van der Waals surface area contributed by atoms with Gasteiger partial charge in [0.1, 0.15) is 0 Å². The molecule has 1 fully saturated rings. The van der Waals surface area contributed by atoms with Crippen molar-refractivity contribution in [2.45, 2.75) is 37.8 Å². The molecule has 1 aliphatic heterocycles. The number of hydrogen-bond acceptors (Lipinski definition) is 2. The Morgan fingerprint density at radius 1 is 0.955 bits per heavy atom. The first-order valence-corrected chi connectivity index (χ1v) is 8.34. The van der Waals surface area contributed by atoms with Gasteiger partial charge in [-0.05, 0) is 36.9 Å². The standard InChI is InChI=1S/C20H25NO/c22-16-19-13-7-8-14-21(19)20(18-11-5-2-6-12-18)15-17-9-3-1-4-10-17/h1-6,9-12,19-20,22H,7-8,13-16H2/t19-,20+/m1/s1. The molecule has 3 rings (SSSR count). The molecule has 1 aliphatic rings. The lowest BCUT2D eigenvalue weighted by Gasteiger charge is -2.41. The van der Waals surface area contributed by atoms with Gasteiger partial charge in [0.25, 0.3) is 0 Å². The van der Waals surface area contributed by atoms with Gasteiger partial charge in [-0.15, -0.1) is 0 Å². The lowest BCUT2D eigenvalue weighted by molar-refractivity contribution is 0.0522. The molecule has 0 aliphatic carbocycles. The maximum atomic E-state index is 9.78. The van der Waals surface area contributed by atoms with Crippen LogP contribution in [-0.2, 0) is 6.42 Å². The van der Waals surface area contributed by atoms with E-state index in [9.17, 15) is 5.11 Å². The summed E-state index contributed by atoms with van der Waals surface area (Å²) < 4.78 is 0. The number of likely N-dealkylation sites (tertiary alicyclic amines) is 1. The second-order valence-electron chi connectivity index (χ2n) is 6.19. The highest BCUT2D eigenvalue weighted by Crippen LogP contribution is 2.31. The maximum Gasteiger partial charge on any atom is 0.0587 e. The molecule has 1 N–H and O–H groups in total. The van der Waals surface area contributed by atoms with Gasteiger partial charge in [-0.3, -0.25) is 4.90 Å². The minimum atomic E-state index is 0.262. The number of benzene rings is 2. The molecule has 0 aromatic heterocycles. The normalized spacial score (nSPS) is 20.7. The van der Waals surface area contributed by atoms with Gasteiger partial charge in [-0.1, -0.05) is 67.1 Å². The molecule has 1 heterocycles. The molecular formula is C20H25NO. The van der Waals surface area contributed by atoms with E-state index >= 15 is 0 Å². The third-order valence-electron chi connectivity index (χ3n) is 4.74. The van der Waals surface area contributed by atoms with Crippen LogP contribution in [0.4, 0.5) is 0 Å². The van der Waals surface area contributed by atoms with Crippen LogP contribution < -0.4 is 0 Å². The van der Waals surface area contributed by atoms with E-state index in [4.69, 9.17) is 0 Å². The first-order valence-electron chi connectivity index (χ1n) is 8.34. The van der Waals surface area contributed by atoms with Crippen molar-refractivity contribution in [3.05, 3.63) is 71.8 Å². The van der Waals surface area contributed by atoms with Crippen molar-refractivity contribution in [3.8, 4) is 0 Å². The van der Waals surface area contributed by atoms with Crippen LogP contribution in [0, 0.1) is 0 Å². The summed E-state index contributed by atoms with van der Waals surface area (Å²) in [4.78, 5) is 2.52. The summed E-state index contributed by atoms with van der Waals surface area (Å²) in [5.41, 5.74) is 2.71. The first-order chi connectivity index (χ1) is 10.9. The van der Waals surface area contributed by atoms with E-state index in [2.05, 4.69) is 65.6 Å². The van der Waals surface area contributed by atoms with Gasteiger partial charge in [-0.2, -0.15) is 0 Å². The van der Waals surface area contributed by atoms with Gasteiger partial charge in [0.05, 0.1) is 6.61 Å². The Kier molecular flexibility index (Phi) is 5.25. The Morgan fingerprint density at radius 3 is 2.32 bits per heavy atom. The molecule has 2 nitrogen and oxygen atoms in total. The molecular weight excluding hydrogens is 270 g/mol. The SMILES string of the molecule is OC[C@H]1CCCCN1[C@@H](Cc1ccccc1)c1ccccc1. The second kappa shape index (κ2) is 7.57. The van der Waals surface area contributed by atoms with Crippen molar-refractivity contribution < 1.29 is 5.11 Å². The van der Waals surface area contributed by atoms with Crippen molar-refractivity contribution in [3.63, 3.8) is 0 Å². The van der Waals surface area contributed by atoms with E-state index in [0.29, 0.717) is 12.1 Å². The summed E-state index contributed by atoms with van der Waals surface area (Å²) in [6.07, 6.45) is 4.57. The van der Waals surface area contributed by atoms with Gasteiger partial charge in [-0.25, -0.2) is 0 Å². The van der Waals surface area contributed by atoms with Crippen LogP contribution in [0.3, 0.4) is 0 Å². The van der Waals surface area contributed by atoms with E-state index in [1.807, 2.05) is 0 Å². The number of nitrogens with zero attached hydrogens (tertiary/aromatic N) is 1. The lowest BCUT2D eigenvalue weighted by atomic mass is 9.92. The summed E-state index contributed by atoms with van der Waals surface area (Å²) in [5, 5.41) is 9.78. The molecule has 22 heavy (non-hydrogen) atoms. The second-order valence-corrected chi connectivity index (χ2v) is 6.19. The highest BCUT2D eigenvalue weighted by atomic mass is 16.3. The van der Waals surface area contributed by atoms with Gasteiger partial charge in [0, 0.05) is 12.1 Å². The molecule has 0 radical (unpaired) electrons. The summed E-state index contributed by atoms with van der Waals surface area (Å²) in [6.45, 7) is 1.34. The number of hydrogen-bond donors (Lipinski definition) is 1. The van der Waals surface area contributed by atoms with E-state index < -0.39 is 0 Å². The van der Waals surface area contributed by atoms with E-state index in [0.717, 1.165) is 19.4 Å². The van der Waals surface area contributed by atoms with Crippen molar-refractivity contribution in [2.75, 3.05) is 13.2 Å². The first kappa shape index (κ1) is 15.3. The van der Waals surface area contributed by atoms with Crippen LogP contribution in [0.2, 0.25) is 0 Å². The van der Waals surface area contributed by atoms with Crippen LogP contribution >= 0.6 is 0 Å². The fourth-order valence-corrected chi connectivity index (χ4v) is 3.57. The van der Waals surface area contributed by atoms with Crippen molar-refractivity contribution in [1.29, 1.82) is 0 Å². The van der Waals surface area contributed by atoms with E-state index in [1.54, 1.807) is 0 Å². The number of rotatable bonds is 5. The smallest absolute Gasteiger partial charge is 0.0587 e. The number of aliphatic hydroxyl groups is 1. The van der Waals surface area contributed by atoms with Gasteiger partial charge >= 0.3 is 0 Å². The Hall–Kier alpha value is -1.64. The van der Waals surface area contributed by atoms with Crippen LogP contribution in [0.1, 0.15) is 36.4 Å². The Balaban J connectivity index is 1.88. The van der Waals surface area contributed by atoms with E-state index in [-0.39, 0.29) is 6.61 Å². The molecule has 0 unspecified atom stereocenters. The predicted molar refractivity (Wildman–Crippen MR) is 90.8 cm³/mol. The summed E-state index contributed by atoms with van der Waals surface area (Å²) >= 11 is 0. The van der Waals surface area contributed by atoms with Gasteiger partial charge in [0.2, 0.25) is 0 Å². The Bertz CT molecular complexity index is 554. The fraction of sp³-hybridized carbons (Fsp3) is 0.400. The fourth-order valence-electron chi connectivity index (χ4n) is 3.57. The molecule has 2 heteroatoms. The van der Waals surface area contributed by atoms with Crippen molar-refractivity contribution in [2.24, 2.45) is 0 Å². The van der Waals surface area contributed by atoms with Crippen LogP contribution in [-0.4, -0.2) is 29.2 Å². The summed E-state index contributed by atoms with van der Waals surface area (Å²) in [7, 11) is 0. The van der Waals surface area contributed by atoms with Crippen LogP contribution in [0.15, 0.2) is 60.7 Å². The van der Waals surface area contributed by atoms with Gasteiger partial charge < -0.3 is 5.11 Å². The van der Waals surface area contributed by atoms with E-state index in [1.165, 1.54) is 24.0 Å². The molecule has 1 saturated heterocycles. The zero-order valence-corrected chi connectivity index (χ0v) is 13.1. The Labute approximate surface area is 133 Å². The maximum absolute atomic E-state index is 9.78. The number of piperidine rings is 1. The average Bonchev–Trinajstić information content (AvgIpc) is 2.61. The monoisotopic (exact) mass is 295 g/mol. The zero-order chi connectivity index (χ0) is 15.2. The predicted octanol–water partition coefficient (Wildman–Crippen LogP) is 3.82. The molecule has 2 atom stereocenters. The minimum Gasteiger partial charge on any atom is -0.395 e. The highest BCUT2D eigenvalue weighted by molar-refractivity contribution is 5.24. The molecule has 116 valence electrons. The third-order valence-corrected chi connectivity index (χ3v) is 4.74. The molecule has 2 aromatic rings. The topological polar surface area (TPSA) is 23.5 Å². The molecule has 0 saturated carbocycles. The van der Waals surface area contributed by atoms with Crippen molar-refractivity contribution in [1.82, 2.24) is 4.90 Å². The summed E-state index contributed by atoms with van der Waals surface area (Å²) in [6, 6.07) is 22.1. The minimum absolute atomic E-state index is 0.262. The van der Waals surface area contributed by atoms with Crippen LogP contribution in [0.25, 0.3) is 0 Å². The average molecular weight is 295 g/mol. The Morgan fingerprint density at radius 2 is 1.64 bits per heavy atom. The molecule has 0 bridgehead atoms. The quantitative estimate of drug-likeness (QED) is 0.906. The molecule has 2 aromatic carbocycles. The van der Waals surface area contributed by atoms with Gasteiger partial charge in [0.15, 0.2) is 0 Å².